The SMILES string of the molecule is COCCNC(=O)CCC(=O)N1Cc2ccccc2-c2n[nH]nc2-c2ccccc21. The fraction of sp³-hybridized carbons (Fsp3) is 0.273. The van der Waals surface area contributed by atoms with E-state index in [-0.39, 0.29) is 24.7 Å². The standard InChI is InChI=1S/C22H23N5O3/c1-30-13-12-23-19(28)10-11-20(29)27-14-15-6-2-3-7-16(15)21-22(25-26-24-21)17-8-4-5-9-18(17)27/h2-9H,10-14H2,1H3,(H,23,28)(H,24,25,26). The summed E-state index contributed by atoms with van der Waals surface area (Å²) in [4.78, 5) is 27.0. The van der Waals surface area contributed by atoms with Gasteiger partial charge in [-0.15, -0.1) is 0 Å². The van der Waals surface area contributed by atoms with Crippen molar-refractivity contribution in [3.05, 3.63) is 54.1 Å². The fourth-order valence-corrected chi connectivity index (χ4v) is 3.62. The van der Waals surface area contributed by atoms with Crippen molar-refractivity contribution in [2.24, 2.45) is 0 Å². The molecule has 0 fully saturated rings. The Kier molecular flexibility index (Phi) is 5.85. The summed E-state index contributed by atoms with van der Waals surface area (Å²) in [6.45, 7) is 1.26. The van der Waals surface area contributed by atoms with Crippen LogP contribution in [-0.4, -0.2) is 47.5 Å². The van der Waals surface area contributed by atoms with Gasteiger partial charge in [0.15, 0.2) is 0 Å². The number of methoxy groups -OCH3 is 1. The highest BCUT2D eigenvalue weighted by Crippen LogP contribution is 2.39. The van der Waals surface area contributed by atoms with Gasteiger partial charge in [0.05, 0.1) is 18.8 Å². The number of aromatic nitrogens is 3. The third-order valence-electron chi connectivity index (χ3n) is 5.09. The quantitative estimate of drug-likeness (QED) is 0.614. The minimum absolute atomic E-state index is 0.112. The molecule has 0 spiro atoms. The van der Waals surface area contributed by atoms with E-state index in [0.29, 0.717) is 25.4 Å². The smallest absolute Gasteiger partial charge is 0.227 e. The molecule has 1 aliphatic rings. The van der Waals surface area contributed by atoms with Crippen molar-refractivity contribution in [2.75, 3.05) is 25.2 Å². The van der Waals surface area contributed by atoms with Crippen molar-refractivity contribution in [2.45, 2.75) is 19.4 Å². The van der Waals surface area contributed by atoms with Crippen LogP contribution in [0.15, 0.2) is 48.5 Å². The van der Waals surface area contributed by atoms with Gasteiger partial charge in [-0.05, 0) is 11.6 Å². The maximum atomic E-state index is 13.2. The number of carbonyl (C=O) groups is 2. The van der Waals surface area contributed by atoms with Gasteiger partial charge in [-0.3, -0.25) is 9.59 Å². The van der Waals surface area contributed by atoms with Crippen LogP contribution < -0.4 is 10.2 Å². The molecule has 3 aromatic rings. The maximum absolute atomic E-state index is 13.2. The van der Waals surface area contributed by atoms with Gasteiger partial charge in [-0.25, -0.2) is 0 Å². The van der Waals surface area contributed by atoms with Crippen LogP contribution in [0.4, 0.5) is 5.69 Å². The first-order chi connectivity index (χ1) is 14.7. The van der Waals surface area contributed by atoms with E-state index in [0.717, 1.165) is 28.1 Å². The molecule has 2 heterocycles. The number of amides is 2. The van der Waals surface area contributed by atoms with Crippen molar-refractivity contribution in [1.29, 1.82) is 0 Å². The number of hydrogen-bond donors (Lipinski definition) is 2. The van der Waals surface area contributed by atoms with Gasteiger partial charge in [0.1, 0.15) is 11.4 Å². The van der Waals surface area contributed by atoms with Gasteiger partial charge in [0.25, 0.3) is 0 Å². The molecule has 8 nitrogen and oxygen atoms in total. The van der Waals surface area contributed by atoms with E-state index in [1.165, 1.54) is 0 Å². The van der Waals surface area contributed by atoms with E-state index >= 15 is 0 Å². The number of H-pyrrole nitrogens is 1. The van der Waals surface area contributed by atoms with Gasteiger partial charge in [0, 0.05) is 37.6 Å². The van der Waals surface area contributed by atoms with Crippen molar-refractivity contribution >= 4 is 17.5 Å². The molecule has 0 atom stereocenters. The lowest BCUT2D eigenvalue weighted by atomic mass is 9.95. The Bertz CT molecular complexity index is 1060. The summed E-state index contributed by atoms with van der Waals surface area (Å²) in [6.07, 6.45) is 0.235. The van der Waals surface area contributed by atoms with Crippen molar-refractivity contribution in [3.8, 4) is 22.5 Å². The van der Waals surface area contributed by atoms with Gasteiger partial charge in [0.2, 0.25) is 11.8 Å². The summed E-state index contributed by atoms with van der Waals surface area (Å²) >= 11 is 0. The summed E-state index contributed by atoms with van der Waals surface area (Å²) in [7, 11) is 1.58. The number of hydrogen-bond acceptors (Lipinski definition) is 5. The molecule has 1 aliphatic heterocycles. The second kappa shape index (κ2) is 8.87. The lowest BCUT2D eigenvalue weighted by molar-refractivity contribution is -0.125. The van der Waals surface area contributed by atoms with Crippen LogP contribution in [-0.2, 0) is 20.9 Å². The zero-order valence-electron chi connectivity index (χ0n) is 16.7. The largest absolute Gasteiger partial charge is 0.383 e. The second-order valence-electron chi connectivity index (χ2n) is 7.02. The first-order valence-electron chi connectivity index (χ1n) is 9.83. The molecular formula is C22H23N5O3. The summed E-state index contributed by atoms with van der Waals surface area (Å²) in [5.41, 5.74) is 4.96. The molecule has 0 bridgehead atoms. The number of para-hydroxylation sites is 1. The first-order valence-corrected chi connectivity index (χ1v) is 9.83. The number of ether oxygens (including phenoxy) is 1. The maximum Gasteiger partial charge on any atom is 0.227 e. The minimum atomic E-state index is -0.167. The number of nitrogens with one attached hydrogen (secondary N) is 2. The fourth-order valence-electron chi connectivity index (χ4n) is 3.62. The Morgan fingerprint density at radius 1 is 1.03 bits per heavy atom. The van der Waals surface area contributed by atoms with E-state index in [1.807, 2.05) is 48.5 Å². The van der Waals surface area contributed by atoms with E-state index in [4.69, 9.17) is 4.74 Å². The van der Waals surface area contributed by atoms with Gasteiger partial charge >= 0.3 is 0 Å². The molecule has 0 saturated heterocycles. The van der Waals surface area contributed by atoms with Crippen LogP contribution in [0.5, 0.6) is 0 Å². The molecule has 4 rings (SSSR count). The average molecular weight is 405 g/mol. The highest BCUT2D eigenvalue weighted by molar-refractivity contribution is 6.01. The second-order valence-corrected chi connectivity index (χ2v) is 7.02. The predicted molar refractivity (Wildman–Crippen MR) is 113 cm³/mol. The lowest BCUT2D eigenvalue weighted by Crippen LogP contribution is -2.33. The minimum Gasteiger partial charge on any atom is -0.383 e. The number of fused-ring (bicyclic) bond motifs is 5. The molecule has 1 aromatic heterocycles. The van der Waals surface area contributed by atoms with Crippen molar-refractivity contribution in [3.63, 3.8) is 0 Å². The number of benzene rings is 2. The first kappa shape index (κ1) is 19.8. The molecule has 0 radical (unpaired) electrons. The van der Waals surface area contributed by atoms with E-state index < -0.39 is 0 Å². The number of anilines is 1. The van der Waals surface area contributed by atoms with Gasteiger partial charge in [-0.2, -0.15) is 15.4 Å². The van der Waals surface area contributed by atoms with Crippen LogP contribution in [0.25, 0.3) is 22.5 Å². The molecule has 0 unspecified atom stereocenters. The molecule has 2 amide bonds. The van der Waals surface area contributed by atoms with Crippen molar-refractivity contribution < 1.29 is 14.3 Å². The summed E-state index contributed by atoms with van der Waals surface area (Å²) in [5.74, 6) is -0.286. The highest BCUT2D eigenvalue weighted by Gasteiger charge is 2.27. The average Bonchev–Trinajstić information content (AvgIpc) is 3.24. The van der Waals surface area contributed by atoms with Crippen LogP contribution in [0.3, 0.4) is 0 Å². The van der Waals surface area contributed by atoms with Crippen LogP contribution in [0.2, 0.25) is 0 Å². The molecule has 2 N–H and O–H groups in total. The Balaban J connectivity index is 1.65. The zero-order chi connectivity index (χ0) is 20.9. The molecule has 154 valence electrons. The zero-order valence-corrected chi connectivity index (χ0v) is 16.7. The molecule has 0 aliphatic carbocycles. The number of rotatable bonds is 6. The van der Waals surface area contributed by atoms with Gasteiger partial charge in [-0.1, -0.05) is 42.5 Å². The Morgan fingerprint density at radius 2 is 1.73 bits per heavy atom. The molecule has 2 aromatic carbocycles. The Labute approximate surface area is 174 Å². The molecule has 0 saturated carbocycles. The third-order valence-corrected chi connectivity index (χ3v) is 5.09. The molecular weight excluding hydrogens is 382 g/mol. The number of aromatic amines is 1. The van der Waals surface area contributed by atoms with Gasteiger partial charge < -0.3 is 15.0 Å². The Morgan fingerprint density at radius 3 is 2.53 bits per heavy atom. The normalized spacial score (nSPS) is 12.2. The van der Waals surface area contributed by atoms with Crippen LogP contribution in [0, 0.1) is 0 Å². The lowest BCUT2D eigenvalue weighted by Gasteiger charge is -2.28. The topological polar surface area (TPSA) is 100 Å². The third kappa shape index (κ3) is 3.95. The highest BCUT2D eigenvalue weighted by atomic mass is 16.5. The van der Waals surface area contributed by atoms with Crippen molar-refractivity contribution in [1.82, 2.24) is 20.7 Å². The van der Waals surface area contributed by atoms with Crippen LogP contribution >= 0.6 is 0 Å². The summed E-state index contributed by atoms with van der Waals surface area (Å²) < 4.78 is 4.93. The molecule has 8 heteroatoms. The number of carbonyl (C=O) groups excluding carboxylic acids is 2. The van der Waals surface area contributed by atoms with E-state index in [1.54, 1.807) is 12.0 Å². The summed E-state index contributed by atoms with van der Waals surface area (Å²) in [6, 6.07) is 15.5. The van der Waals surface area contributed by atoms with E-state index in [9.17, 15) is 9.59 Å². The number of nitrogens with zero attached hydrogens (tertiary/aromatic N) is 3. The summed E-state index contributed by atoms with van der Waals surface area (Å²) in [5, 5.41) is 14.2. The monoisotopic (exact) mass is 405 g/mol. The van der Waals surface area contributed by atoms with E-state index in [2.05, 4.69) is 20.7 Å². The predicted octanol–water partition coefficient (Wildman–Crippen LogP) is 2.53. The van der Waals surface area contributed by atoms with Crippen LogP contribution in [0.1, 0.15) is 18.4 Å². The molecule has 30 heavy (non-hydrogen) atoms. The Hall–Kier alpha value is -3.52.